The van der Waals surface area contributed by atoms with Gasteiger partial charge >= 0.3 is 0 Å². The number of aryl methyl sites for hydroxylation is 1. The van der Waals surface area contributed by atoms with Crippen LogP contribution in [0, 0.1) is 6.92 Å². The van der Waals surface area contributed by atoms with E-state index in [4.69, 9.17) is 4.74 Å². The molecule has 19 heavy (non-hydrogen) atoms. The molecular weight excluding hydrogens is 236 g/mol. The molecule has 0 aliphatic carbocycles. The first-order valence-corrected chi connectivity index (χ1v) is 7.24. The van der Waals surface area contributed by atoms with E-state index in [1.54, 1.807) is 7.11 Å². The number of benzene rings is 1. The summed E-state index contributed by atoms with van der Waals surface area (Å²) in [7, 11) is 3.93. The summed E-state index contributed by atoms with van der Waals surface area (Å²) in [6.07, 6.45) is 3.94. The lowest BCUT2D eigenvalue weighted by Gasteiger charge is -2.19. The third-order valence-electron chi connectivity index (χ3n) is 3.93. The first-order chi connectivity index (χ1) is 9.19. The van der Waals surface area contributed by atoms with E-state index in [0.29, 0.717) is 0 Å². The summed E-state index contributed by atoms with van der Waals surface area (Å²) in [6.45, 7) is 5.47. The first-order valence-electron chi connectivity index (χ1n) is 7.24. The van der Waals surface area contributed by atoms with E-state index in [2.05, 4.69) is 42.4 Å². The largest absolute Gasteiger partial charge is 0.496 e. The van der Waals surface area contributed by atoms with Gasteiger partial charge < -0.3 is 15.0 Å². The quantitative estimate of drug-likeness (QED) is 0.853. The molecule has 0 aromatic heterocycles. The van der Waals surface area contributed by atoms with Crippen LogP contribution in [0.2, 0.25) is 0 Å². The third kappa shape index (κ3) is 4.22. The molecule has 1 unspecified atom stereocenters. The average Bonchev–Trinajstić information content (AvgIpc) is 2.90. The Morgan fingerprint density at radius 1 is 1.42 bits per heavy atom. The monoisotopic (exact) mass is 262 g/mol. The number of methoxy groups -OCH3 is 1. The fraction of sp³-hybridized carbons (Fsp3) is 0.625. The highest BCUT2D eigenvalue weighted by Gasteiger charge is 2.14. The molecule has 1 aromatic carbocycles. The van der Waals surface area contributed by atoms with Crippen molar-refractivity contribution in [2.24, 2.45) is 0 Å². The van der Waals surface area contributed by atoms with Gasteiger partial charge in [0.1, 0.15) is 5.75 Å². The second-order valence-electron chi connectivity index (χ2n) is 5.62. The Bertz CT molecular complexity index is 400. The van der Waals surface area contributed by atoms with Crippen LogP contribution in [-0.4, -0.2) is 38.2 Å². The zero-order chi connectivity index (χ0) is 13.7. The molecule has 0 bridgehead atoms. The van der Waals surface area contributed by atoms with Gasteiger partial charge in [0.05, 0.1) is 7.11 Å². The van der Waals surface area contributed by atoms with Crippen LogP contribution in [0.25, 0.3) is 0 Å². The predicted molar refractivity (Wildman–Crippen MR) is 79.7 cm³/mol. The van der Waals surface area contributed by atoms with Gasteiger partial charge in [0, 0.05) is 12.6 Å². The fourth-order valence-electron chi connectivity index (χ4n) is 2.81. The van der Waals surface area contributed by atoms with Gasteiger partial charge in [-0.05, 0) is 63.5 Å². The molecular formula is C16H26N2O. The molecule has 1 atom stereocenters. The lowest BCUT2D eigenvalue weighted by molar-refractivity contribution is 0.305. The second kappa shape index (κ2) is 6.92. The minimum Gasteiger partial charge on any atom is -0.496 e. The summed E-state index contributed by atoms with van der Waals surface area (Å²) >= 11 is 0. The van der Waals surface area contributed by atoms with E-state index in [9.17, 15) is 0 Å². The smallest absolute Gasteiger partial charge is 0.121 e. The minimum atomic E-state index is 0.736. The van der Waals surface area contributed by atoms with Crippen molar-refractivity contribution in [3.05, 3.63) is 29.3 Å². The molecule has 1 saturated heterocycles. The van der Waals surface area contributed by atoms with Gasteiger partial charge in [-0.15, -0.1) is 0 Å². The van der Waals surface area contributed by atoms with Crippen molar-refractivity contribution in [1.29, 1.82) is 0 Å². The Hall–Kier alpha value is -1.06. The van der Waals surface area contributed by atoms with Crippen LogP contribution >= 0.6 is 0 Å². The van der Waals surface area contributed by atoms with Gasteiger partial charge in [-0.1, -0.05) is 12.1 Å². The van der Waals surface area contributed by atoms with Crippen molar-refractivity contribution in [2.75, 3.05) is 27.2 Å². The number of nitrogens with zero attached hydrogens (tertiary/aromatic N) is 1. The van der Waals surface area contributed by atoms with Crippen molar-refractivity contribution in [3.8, 4) is 5.75 Å². The maximum atomic E-state index is 5.30. The molecule has 106 valence electrons. The summed E-state index contributed by atoms with van der Waals surface area (Å²) in [6, 6.07) is 7.19. The molecule has 1 aromatic rings. The standard InChI is InChI=1S/C16H26N2O/c1-13-11-14(6-7-16(13)19-3)12-18(2)10-8-15-5-4-9-17-15/h6-7,11,15,17H,4-5,8-10,12H2,1-3H3. The van der Waals surface area contributed by atoms with E-state index in [1.807, 2.05) is 0 Å². The lowest BCUT2D eigenvalue weighted by Crippen LogP contribution is -2.28. The number of hydrogen-bond acceptors (Lipinski definition) is 3. The van der Waals surface area contributed by atoms with E-state index >= 15 is 0 Å². The van der Waals surface area contributed by atoms with Crippen molar-refractivity contribution in [2.45, 2.75) is 38.8 Å². The van der Waals surface area contributed by atoms with Gasteiger partial charge in [0.15, 0.2) is 0 Å². The van der Waals surface area contributed by atoms with Crippen molar-refractivity contribution in [3.63, 3.8) is 0 Å². The van der Waals surface area contributed by atoms with Crippen LogP contribution in [0.15, 0.2) is 18.2 Å². The molecule has 3 heteroatoms. The Morgan fingerprint density at radius 2 is 2.26 bits per heavy atom. The van der Waals surface area contributed by atoms with Crippen LogP contribution < -0.4 is 10.1 Å². The maximum absolute atomic E-state index is 5.30. The highest BCUT2D eigenvalue weighted by Crippen LogP contribution is 2.19. The van der Waals surface area contributed by atoms with Gasteiger partial charge in [-0.2, -0.15) is 0 Å². The van der Waals surface area contributed by atoms with Crippen molar-refractivity contribution < 1.29 is 4.74 Å². The van der Waals surface area contributed by atoms with E-state index in [0.717, 1.165) is 24.9 Å². The van der Waals surface area contributed by atoms with Crippen LogP contribution in [-0.2, 0) is 6.54 Å². The highest BCUT2D eigenvalue weighted by molar-refractivity contribution is 5.36. The Morgan fingerprint density at radius 3 is 2.89 bits per heavy atom. The average molecular weight is 262 g/mol. The summed E-state index contributed by atoms with van der Waals surface area (Å²) in [5.41, 5.74) is 2.58. The molecule has 3 nitrogen and oxygen atoms in total. The summed E-state index contributed by atoms with van der Waals surface area (Å²) in [4.78, 5) is 2.40. The third-order valence-corrected chi connectivity index (χ3v) is 3.93. The maximum Gasteiger partial charge on any atom is 0.121 e. The van der Waals surface area contributed by atoms with Crippen molar-refractivity contribution in [1.82, 2.24) is 10.2 Å². The zero-order valence-corrected chi connectivity index (χ0v) is 12.4. The first kappa shape index (κ1) is 14.4. The molecule has 0 radical (unpaired) electrons. The predicted octanol–water partition coefficient (Wildman–Crippen LogP) is 2.58. The molecule has 0 amide bonds. The number of ether oxygens (including phenoxy) is 1. The number of nitrogens with one attached hydrogen (secondary N) is 1. The van der Waals surface area contributed by atoms with E-state index in [1.165, 1.54) is 36.9 Å². The van der Waals surface area contributed by atoms with Crippen LogP contribution in [0.1, 0.15) is 30.4 Å². The van der Waals surface area contributed by atoms with Gasteiger partial charge in [-0.3, -0.25) is 0 Å². The molecule has 0 spiro atoms. The Balaban J connectivity index is 1.80. The molecule has 1 heterocycles. The lowest BCUT2D eigenvalue weighted by atomic mass is 10.1. The number of rotatable bonds is 6. The summed E-state index contributed by atoms with van der Waals surface area (Å²) in [5.74, 6) is 0.974. The Labute approximate surface area is 116 Å². The summed E-state index contributed by atoms with van der Waals surface area (Å²) < 4.78 is 5.30. The second-order valence-corrected chi connectivity index (χ2v) is 5.62. The normalized spacial score (nSPS) is 19.1. The zero-order valence-electron chi connectivity index (χ0n) is 12.4. The fourth-order valence-corrected chi connectivity index (χ4v) is 2.81. The molecule has 0 saturated carbocycles. The van der Waals surface area contributed by atoms with E-state index in [-0.39, 0.29) is 0 Å². The topological polar surface area (TPSA) is 24.5 Å². The Kier molecular flexibility index (Phi) is 5.23. The minimum absolute atomic E-state index is 0.736. The summed E-state index contributed by atoms with van der Waals surface area (Å²) in [5, 5.41) is 3.56. The van der Waals surface area contributed by atoms with Gasteiger partial charge in [0.2, 0.25) is 0 Å². The van der Waals surface area contributed by atoms with Crippen LogP contribution in [0.4, 0.5) is 0 Å². The molecule has 1 aliphatic rings. The van der Waals surface area contributed by atoms with Crippen molar-refractivity contribution >= 4 is 0 Å². The van der Waals surface area contributed by atoms with Gasteiger partial charge in [0.25, 0.3) is 0 Å². The van der Waals surface area contributed by atoms with Crippen LogP contribution in [0.5, 0.6) is 5.75 Å². The SMILES string of the molecule is COc1ccc(CN(C)CCC2CCCN2)cc1C. The molecule has 1 N–H and O–H groups in total. The van der Waals surface area contributed by atoms with Crippen LogP contribution in [0.3, 0.4) is 0 Å². The molecule has 1 aliphatic heterocycles. The molecule has 1 fully saturated rings. The highest BCUT2D eigenvalue weighted by atomic mass is 16.5. The van der Waals surface area contributed by atoms with E-state index < -0.39 is 0 Å². The molecule has 2 rings (SSSR count). The van der Waals surface area contributed by atoms with Gasteiger partial charge in [-0.25, -0.2) is 0 Å². The number of hydrogen-bond donors (Lipinski definition) is 1.